The van der Waals surface area contributed by atoms with E-state index in [4.69, 9.17) is 0 Å². The van der Waals surface area contributed by atoms with Crippen LogP contribution in [0.1, 0.15) is 34.7 Å². The highest BCUT2D eigenvalue weighted by Gasteiger charge is 2.12. The van der Waals surface area contributed by atoms with Crippen molar-refractivity contribution in [1.82, 2.24) is 5.32 Å². The van der Waals surface area contributed by atoms with Crippen LogP contribution in [0, 0.1) is 6.92 Å². The highest BCUT2D eigenvalue weighted by Crippen LogP contribution is 2.26. The Hall–Kier alpha value is -0.640. The fourth-order valence-electron chi connectivity index (χ4n) is 1.98. The lowest BCUT2D eigenvalue weighted by atomic mass is 10.1. The summed E-state index contributed by atoms with van der Waals surface area (Å²) in [6, 6.07) is 7.22. The molecule has 2 aromatic rings. The second-order valence-corrected chi connectivity index (χ2v) is 6.33. The molecule has 1 unspecified atom stereocenters. The Kier molecular flexibility index (Phi) is 4.77. The maximum atomic E-state index is 3.59. The molecule has 0 bridgehead atoms. The van der Waals surface area contributed by atoms with E-state index in [1.54, 1.807) is 11.3 Å². The number of hydrogen-bond donors (Lipinski definition) is 1. The van der Waals surface area contributed by atoms with Gasteiger partial charge < -0.3 is 5.32 Å². The van der Waals surface area contributed by atoms with Crippen molar-refractivity contribution in [3.8, 4) is 0 Å². The highest BCUT2D eigenvalue weighted by atomic mass is 32.1. The highest BCUT2D eigenvalue weighted by molar-refractivity contribution is 7.12. The summed E-state index contributed by atoms with van der Waals surface area (Å²) in [5.41, 5.74) is 1.46. The average Bonchev–Trinajstić information content (AvgIpc) is 2.95. The summed E-state index contributed by atoms with van der Waals surface area (Å²) in [5.74, 6) is 0. The van der Waals surface area contributed by atoms with Crippen LogP contribution in [0.15, 0.2) is 29.0 Å². The van der Waals surface area contributed by atoms with Gasteiger partial charge in [-0.25, -0.2) is 0 Å². The normalized spacial score (nSPS) is 12.8. The van der Waals surface area contributed by atoms with Crippen molar-refractivity contribution >= 4 is 22.7 Å². The minimum Gasteiger partial charge on any atom is -0.310 e. The molecule has 0 amide bonds. The van der Waals surface area contributed by atoms with Gasteiger partial charge in [0, 0.05) is 15.8 Å². The number of hydrogen-bond acceptors (Lipinski definition) is 3. The number of rotatable bonds is 6. The molecule has 1 N–H and O–H groups in total. The van der Waals surface area contributed by atoms with E-state index in [9.17, 15) is 0 Å². The quantitative estimate of drug-likeness (QED) is 0.816. The molecule has 1 nitrogen and oxygen atoms in total. The third-order valence-electron chi connectivity index (χ3n) is 2.86. The van der Waals surface area contributed by atoms with Crippen LogP contribution in [0.4, 0.5) is 0 Å². The number of nitrogens with one attached hydrogen (secondary N) is 1. The zero-order valence-corrected chi connectivity index (χ0v) is 12.0. The van der Waals surface area contributed by atoms with Gasteiger partial charge in [0.25, 0.3) is 0 Å². The lowest BCUT2D eigenvalue weighted by molar-refractivity contribution is 0.523. The van der Waals surface area contributed by atoms with Gasteiger partial charge in [-0.15, -0.1) is 11.3 Å². The molecular formula is C14H19NS2. The van der Waals surface area contributed by atoms with Gasteiger partial charge in [0.2, 0.25) is 0 Å². The molecule has 0 fully saturated rings. The topological polar surface area (TPSA) is 12.0 Å². The Balaban J connectivity index is 1.97. The van der Waals surface area contributed by atoms with E-state index >= 15 is 0 Å². The van der Waals surface area contributed by atoms with E-state index < -0.39 is 0 Å². The maximum absolute atomic E-state index is 3.59. The Labute approximate surface area is 112 Å². The maximum Gasteiger partial charge on any atom is 0.0417 e. The van der Waals surface area contributed by atoms with Crippen molar-refractivity contribution in [1.29, 1.82) is 0 Å². The van der Waals surface area contributed by atoms with Crippen LogP contribution < -0.4 is 5.32 Å². The summed E-state index contributed by atoms with van der Waals surface area (Å²) in [4.78, 5) is 2.87. The summed E-state index contributed by atoms with van der Waals surface area (Å²) in [5, 5.41) is 8.00. The van der Waals surface area contributed by atoms with E-state index in [2.05, 4.69) is 48.1 Å². The van der Waals surface area contributed by atoms with E-state index in [1.807, 2.05) is 11.3 Å². The van der Waals surface area contributed by atoms with E-state index in [0.29, 0.717) is 6.04 Å². The lowest BCUT2D eigenvalue weighted by Gasteiger charge is -2.15. The van der Waals surface area contributed by atoms with Crippen molar-refractivity contribution in [2.24, 2.45) is 0 Å². The van der Waals surface area contributed by atoms with Crippen molar-refractivity contribution in [2.75, 3.05) is 6.54 Å². The summed E-state index contributed by atoms with van der Waals surface area (Å²) >= 11 is 3.70. The molecule has 0 aromatic carbocycles. The Morgan fingerprint density at radius 2 is 2.18 bits per heavy atom. The van der Waals surface area contributed by atoms with Crippen molar-refractivity contribution in [3.63, 3.8) is 0 Å². The fourth-order valence-corrected chi connectivity index (χ4v) is 3.67. The zero-order chi connectivity index (χ0) is 12.1. The Morgan fingerprint density at radius 3 is 2.76 bits per heavy atom. The Bertz CT molecular complexity index is 431. The smallest absolute Gasteiger partial charge is 0.0417 e. The summed E-state index contributed by atoms with van der Waals surface area (Å²) in [7, 11) is 0. The van der Waals surface area contributed by atoms with Gasteiger partial charge in [0.15, 0.2) is 0 Å². The molecule has 2 aromatic heterocycles. The Morgan fingerprint density at radius 1 is 1.29 bits per heavy atom. The molecule has 2 rings (SSSR count). The number of thiophene rings is 2. The second kappa shape index (κ2) is 6.34. The molecule has 0 spiro atoms. The van der Waals surface area contributed by atoms with Crippen LogP contribution in [0.2, 0.25) is 0 Å². The summed E-state index contributed by atoms with van der Waals surface area (Å²) in [6.45, 7) is 5.39. The third kappa shape index (κ3) is 3.66. The SMILES string of the molecule is CCNC(CCc1ccsc1)c1ccc(C)s1. The van der Waals surface area contributed by atoms with Crippen molar-refractivity contribution < 1.29 is 0 Å². The molecule has 0 aliphatic heterocycles. The first kappa shape index (κ1) is 12.8. The zero-order valence-electron chi connectivity index (χ0n) is 10.4. The van der Waals surface area contributed by atoms with E-state index in [0.717, 1.165) is 13.0 Å². The lowest BCUT2D eigenvalue weighted by Crippen LogP contribution is -2.20. The van der Waals surface area contributed by atoms with Crippen LogP contribution in [0.5, 0.6) is 0 Å². The molecule has 17 heavy (non-hydrogen) atoms. The first-order valence-corrected chi connectivity index (χ1v) is 7.86. The van der Waals surface area contributed by atoms with Gasteiger partial charge in [-0.1, -0.05) is 6.92 Å². The van der Waals surface area contributed by atoms with Gasteiger partial charge in [-0.05, 0) is 60.8 Å². The van der Waals surface area contributed by atoms with Gasteiger partial charge in [0.1, 0.15) is 0 Å². The van der Waals surface area contributed by atoms with Gasteiger partial charge in [-0.2, -0.15) is 11.3 Å². The molecule has 3 heteroatoms. The molecule has 2 heterocycles. The van der Waals surface area contributed by atoms with Crippen LogP contribution in [-0.4, -0.2) is 6.54 Å². The third-order valence-corrected chi connectivity index (χ3v) is 4.70. The standard InChI is InChI=1S/C14H19NS2/c1-3-15-13(14-7-4-11(2)17-14)6-5-12-8-9-16-10-12/h4,7-10,13,15H,3,5-6H2,1-2H3. The minimum absolute atomic E-state index is 0.513. The number of aryl methyl sites for hydroxylation is 2. The molecule has 1 atom stereocenters. The van der Waals surface area contributed by atoms with Crippen LogP contribution in [0.25, 0.3) is 0 Å². The predicted molar refractivity (Wildman–Crippen MR) is 78.1 cm³/mol. The second-order valence-electron chi connectivity index (χ2n) is 4.23. The largest absolute Gasteiger partial charge is 0.310 e. The van der Waals surface area contributed by atoms with Crippen LogP contribution >= 0.6 is 22.7 Å². The molecule has 0 saturated carbocycles. The first-order valence-electron chi connectivity index (χ1n) is 6.10. The first-order chi connectivity index (χ1) is 8.29. The monoisotopic (exact) mass is 265 g/mol. The van der Waals surface area contributed by atoms with Crippen molar-refractivity contribution in [3.05, 3.63) is 44.3 Å². The van der Waals surface area contributed by atoms with Crippen LogP contribution in [-0.2, 0) is 6.42 Å². The minimum atomic E-state index is 0.513. The predicted octanol–water partition coefficient (Wildman–Crippen LogP) is 4.40. The summed E-state index contributed by atoms with van der Waals surface area (Å²) in [6.07, 6.45) is 2.35. The molecular weight excluding hydrogens is 246 g/mol. The van der Waals surface area contributed by atoms with E-state index in [1.165, 1.54) is 21.7 Å². The molecule has 0 radical (unpaired) electrons. The summed E-state index contributed by atoms with van der Waals surface area (Å²) < 4.78 is 0. The van der Waals surface area contributed by atoms with Gasteiger partial charge in [-0.3, -0.25) is 0 Å². The van der Waals surface area contributed by atoms with Gasteiger partial charge >= 0.3 is 0 Å². The van der Waals surface area contributed by atoms with E-state index in [-0.39, 0.29) is 0 Å². The molecule has 0 saturated heterocycles. The van der Waals surface area contributed by atoms with Crippen molar-refractivity contribution in [2.45, 2.75) is 32.7 Å². The van der Waals surface area contributed by atoms with Crippen LogP contribution in [0.3, 0.4) is 0 Å². The fraction of sp³-hybridized carbons (Fsp3) is 0.429. The molecule has 92 valence electrons. The average molecular weight is 265 g/mol. The molecule has 0 aliphatic rings. The molecule has 0 aliphatic carbocycles. The van der Waals surface area contributed by atoms with Gasteiger partial charge in [0.05, 0.1) is 0 Å².